The highest BCUT2D eigenvalue weighted by atomic mass is 16.2. The molecule has 0 saturated carbocycles. The van der Waals surface area contributed by atoms with Crippen molar-refractivity contribution in [2.24, 2.45) is 5.84 Å². The molecule has 2 aromatic rings. The van der Waals surface area contributed by atoms with Crippen molar-refractivity contribution in [3.8, 4) is 11.1 Å². The van der Waals surface area contributed by atoms with E-state index in [0.717, 1.165) is 22.3 Å². The molecule has 1 heterocycles. The van der Waals surface area contributed by atoms with Crippen molar-refractivity contribution in [2.45, 2.75) is 40.7 Å². The Kier molecular flexibility index (Phi) is 8.36. The average Bonchev–Trinajstić information content (AvgIpc) is 3.06. The van der Waals surface area contributed by atoms with Crippen LogP contribution in [0.5, 0.6) is 0 Å². The summed E-state index contributed by atoms with van der Waals surface area (Å²) in [4.78, 5) is 23.3. The van der Waals surface area contributed by atoms with E-state index in [4.69, 9.17) is 5.84 Å². The third kappa shape index (κ3) is 4.90. The lowest BCUT2D eigenvalue weighted by Gasteiger charge is -2.10. The number of nitrogens with one attached hydrogen (secondary N) is 2. The van der Waals surface area contributed by atoms with Gasteiger partial charge in [-0.2, -0.15) is 0 Å². The first kappa shape index (κ1) is 20.4. The number of amides is 2. The van der Waals surface area contributed by atoms with E-state index in [2.05, 4.69) is 10.7 Å². The van der Waals surface area contributed by atoms with Crippen LogP contribution in [0.1, 0.15) is 49.2 Å². The van der Waals surface area contributed by atoms with E-state index in [0.29, 0.717) is 12.1 Å². The van der Waals surface area contributed by atoms with E-state index < -0.39 is 0 Å². The quantitative estimate of drug-likeness (QED) is 0.455. The van der Waals surface area contributed by atoms with Gasteiger partial charge in [-0.3, -0.25) is 15.0 Å². The van der Waals surface area contributed by atoms with E-state index in [9.17, 15) is 9.59 Å². The van der Waals surface area contributed by atoms with Crippen molar-refractivity contribution in [3.05, 3.63) is 59.2 Å². The summed E-state index contributed by atoms with van der Waals surface area (Å²) in [6, 6.07) is 13.4. The molecule has 0 fully saturated rings. The first-order valence-corrected chi connectivity index (χ1v) is 8.68. The van der Waals surface area contributed by atoms with E-state index >= 15 is 0 Å². The van der Waals surface area contributed by atoms with Gasteiger partial charge >= 0.3 is 0 Å². The second-order valence-electron chi connectivity index (χ2n) is 4.96. The SMILES string of the molecule is CC.CC.NNC(=O)Cc1ccccc1-c1ccc2c(c1)C(=O)NC2. The van der Waals surface area contributed by atoms with Gasteiger partial charge in [-0.25, -0.2) is 5.84 Å². The molecule has 0 radical (unpaired) electrons. The van der Waals surface area contributed by atoms with Crippen LogP contribution in [-0.2, 0) is 17.8 Å². The van der Waals surface area contributed by atoms with Gasteiger partial charge in [0.15, 0.2) is 0 Å². The third-order valence-corrected chi connectivity index (χ3v) is 3.63. The van der Waals surface area contributed by atoms with Gasteiger partial charge in [-0.15, -0.1) is 0 Å². The van der Waals surface area contributed by atoms with Crippen LogP contribution in [0.25, 0.3) is 11.1 Å². The molecule has 134 valence electrons. The molecule has 0 bridgehead atoms. The average molecular weight is 341 g/mol. The summed E-state index contributed by atoms with van der Waals surface area (Å²) < 4.78 is 0. The summed E-state index contributed by atoms with van der Waals surface area (Å²) in [6.07, 6.45) is 0.204. The van der Waals surface area contributed by atoms with Gasteiger partial charge in [-0.1, -0.05) is 64.1 Å². The number of carbonyl (C=O) groups is 2. The minimum absolute atomic E-state index is 0.0518. The molecule has 0 spiro atoms. The van der Waals surface area contributed by atoms with E-state index in [1.807, 2.05) is 70.2 Å². The molecule has 5 nitrogen and oxygen atoms in total. The first-order chi connectivity index (χ1) is 12.2. The largest absolute Gasteiger partial charge is 0.348 e. The predicted octanol–water partition coefficient (Wildman–Crippen LogP) is 3.18. The molecule has 1 aliphatic heterocycles. The monoisotopic (exact) mass is 341 g/mol. The fourth-order valence-electron chi connectivity index (χ4n) is 2.56. The number of rotatable bonds is 3. The molecular formula is C20H27N3O2. The minimum atomic E-state index is -0.249. The van der Waals surface area contributed by atoms with Crippen LogP contribution in [0.4, 0.5) is 0 Å². The number of nitrogens with two attached hydrogens (primary N) is 1. The van der Waals surface area contributed by atoms with Crippen LogP contribution in [0, 0.1) is 0 Å². The van der Waals surface area contributed by atoms with Gasteiger partial charge in [0.25, 0.3) is 5.91 Å². The fraction of sp³-hybridized carbons (Fsp3) is 0.300. The number of hydrogen-bond donors (Lipinski definition) is 3. The lowest BCUT2D eigenvalue weighted by atomic mass is 9.95. The van der Waals surface area contributed by atoms with Crippen molar-refractivity contribution in [2.75, 3.05) is 0 Å². The Labute approximate surface area is 149 Å². The Morgan fingerprint density at radius 2 is 1.76 bits per heavy atom. The molecule has 3 rings (SSSR count). The van der Waals surface area contributed by atoms with Gasteiger partial charge in [-0.05, 0) is 28.3 Å². The maximum atomic E-state index is 11.8. The van der Waals surface area contributed by atoms with Gasteiger partial charge in [0.05, 0.1) is 6.42 Å². The Morgan fingerprint density at radius 3 is 2.44 bits per heavy atom. The fourth-order valence-corrected chi connectivity index (χ4v) is 2.56. The summed E-state index contributed by atoms with van der Waals surface area (Å²) in [5.74, 6) is 4.85. The van der Waals surface area contributed by atoms with E-state index in [1.165, 1.54) is 0 Å². The van der Waals surface area contributed by atoms with Crippen LogP contribution in [0.2, 0.25) is 0 Å². The van der Waals surface area contributed by atoms with Crippen LogP contribution in [0.3, 0.4) is 0 Å². The number of hydrazine groups is 1. The molecular weight excluding hydrogens is 314 g/mol. The third-order valence-electron chi connectivity index (χ3n) is 3.63. The summed E-state index contributed by atoms with van der Waals surface area (Å²) in [6.45, 7) is 8.58. The Hall–Kier alpha value is -2.66. The summed E-state index contributed by atoms with van der Waals surface area (Å²) in [5, 5.41) is 2.80. The zero-order valence-corrected chi connectivity index (χ0v) is 15.3. The second-order valence-corrected chi connectivity index (χ2v) is 4.96. The van der Waals surface area contributed by atoms with Gasteiger partial charge in [0.2, 0.25) is 5.91 Å². The van der Waals surface area contributed by atoms with Crippen LogP contribution < -0.4 is 16.6 Å². The molecule has 5 heteroatoms. The Bertz CT molecular complexity index is 727. The molecule has 0 atom stereocenters. The van der Waals surface area contributed by atoms with Gasteiger partial charge in [0.1, 0.15) is 0 Å². The lowest BCUT2D eigenvalue weighted by Crippen LogP contribution is -2.31. The molecule has 25 heavy (non-hydrogen) atoms. The van der Waals surface area contributed by atoms with Crippen molar-refractivity contribution in [1.82, 2.24) is 10.7 Å². The number of hydrogen-bond acceptors (Lipinski definition) is 3. The topological polar surface area (TPSA) is 84.2 Å². The summed E-state index contributed by atoms with van der Waals surface area (Å²) in [5.41, 5.74) is 6.57. The zero-order valence-electron chi connectivity index (χ0n) is 15.3. The van der Waals surface area contributed by atoms with E-state index in [1.54, 1.807) is 0 Å². The number of fused-ring (bicyclic) bond motifs is 1. The molecule has 0 saturated heterocycles. The molecule has 4 N–H and O–H groups in total. The molecule has 1 aliphatic rings. The van der Waals surface area contributed by atoms with Crippen molar-refractivity contribution in [1.29, 1.82) is 0 Å². The number of benzene rings is 2. The van der Waals surface area contributed by atoms with Gasteiger partial charge < -0.3 is 5.32 Å². The smallest absolute Gasteiger partial charge is 0.251 e. The highest BCUT2D eigenvalue weighted by molar-refractivity contribution is 5.99. The maximum Gasteiger partial charge on any atom is 0.251 e. The minimum Gasteiger partial charge on any atom is -0.348 e. The van der Waals surface area contributed by atoms with E-state index in [-0.39, 0.29) is 18.2 Å². The Morgan fingerprint density at radius 1 is 1.08 bits per heavy atom. The summed E-state index contributed by atoms with van der Waals surface area (Å²) in [7, 11) is 0. The van der Waals surface area contributed by atoms with Crippen LogP contribution >= 0.6 is 0 Å². The second kappa shape index (κ2) is 10.3. The molecule has 0 aliphatic carbocycles. The number of carbonyl (C=O) groups excluding carboxylic acids is 2. The van der Waals surface area contributed by atoms with Crippen molar-refractivity contribution >= 4 is 11.8 Å². The lowest BCUT2D eigenvalue weighted by molar-refractivity contribution is -0.120. The molecule has 2 aromatic carbocycles. The van der Waals surface area contributed by atoms with Gasteiger partial charge in [0, 0.05) is 12.1 Å². The van der Waals surface area contributed by atoms with Crippen LogP contribution in [-0.4, -0.2) is 11.8 Å². The molecule has 2 amide bonds. The Balaban J connectivity index is 0.000000730. The highest BCUT2D eigenvalue weighted by Gasteiger charge is 2.19. The van der Waals surface area contributed by atoms with Crippen molar-refractivity contribution < 1.29 is 9.59 Å². The zero-order chi connectivity index (χ0) is 18.8. The van der Waals surface area contributed by atoms with Crippen molar-refractivity contribution in [3.63, 3.8) is 0 Å². The maximum absolute atomic E-state index is 11.8. The highest BCUT2D eigenvalue weighted by Crippen LogP contribution is 2.28. The standard InChI is InChI=1S/C16H15N3O2.2C2H6/c17-19-15(20)8-10-3-1-2-4-13(10)11-5-6-12-9-18-16(21)14(12)7-11;2*1-2/h1-7H,8-9,17H2,(H,18,21)(H,19,20);2*1-2H3. The predicted molar refractivity (Wildman–Crippen MR) is 102 cm³/mol. The molecule has 0 unspecified atom stereocenters. The summed E-state index contributed by atoms with van der Waals surface area (Å²) >= 11 is 0. The van der Waals surface area contributed by atoms with Crippen LogP contribution in [0.15, 0.2) is 42.5 Å². The molecule has 0 aromatic heterocycles. The first-order valence-electron chi connectivity index (χ1n) is 8.68. The normalized spacial score (nSPS) is 11.2.